The highest BCUT2D eigenvalue weighted by atomic mass is 79.9. The zero-order valence-electron chi connectivity index (χ0n) is 11.1. The molecule has 2 atom stereocenters. The fraction of sp³-hybridized carbons (Fsp3) is 0.600. The van der Waals surface area contributed by atoms with E-state index in [2.05, 4.69) is 29.8 Å². The summed E-state index contributed by atoms with van der Waals surface area (Å²) in [6, 6.07) is 4.74. The van der Waals surface area contributed by atoms with Crippen LogP contribution in [0.2, 0.25) is 0 Å². The van der Waals surface area contributed by atoms with E-state index in [1.54, 1.807) is 12.1 Å². The highest BCUT2D eigenvalue weighted by Crippen LogP contribution is 2.28. The number of aliphatic hydroxyl groups is 1. The maximum Gasteiger partial charge on any atom is 0.137 e. The summed E-state index contributed by atoms with van der Waals surface area (Å²) < 4.78 is 13.5. The molecule has 1 rings (SSSR count). The Hall–Kier alpha value is -0.410. The molecule has 1 N–H and O–H groups in total. The van der Waals surface area contributed by atoms with Crippen LogP contribution in [0.15, 0.2) is 22.7 Å². The van der Waals surface area contributed by atoms with Gasteiger partial charge in [-0.05, 0) is 46.0 Å². The average molecular weight is 317 g/mol. The molecule has 0 aromatic heterocycles. The van der Waals surface area contributed by atoms with Crippen LogP contribution in [0.4, 0.5) is 4.39 Å². The molecule has 0 radical (unpaired) electrons. The Morgan fingerprint density at radius 3 is 2.61 bits per heavy atom. The minimum absolute atomic E-state index is 0.288. The van der Waals surface area contributed by atoms with Crippen molar-refractivity contribution in [3.05, 3.63) is 34.1 Å². The van der Waals surface area contributed by atoms with Gasteiger partial charge in [-0.2, -0.15) is 0 Å². The molecule has 1 aromatic carbocycles. The Bertz CT molecular complexity index is 368. The van der Waals surface area contributed by atoms with Crippen molar-refractivity contribution in [1.29, 1.82) is 0 Å². The molecule has 3 heteroatoms. The number of halogens is 2. The summed E-state index contributed by atoms with van der Waals surface area (Å²) in [5, 5.41) is 10.2. The number of aliphatic hydroxyl groups excluding tert-OH is 1. The molecule has 0 aliphatic carbocycles. The van der Waals surface area contributed by atoms with Gasteiger partial charge in [-0.1, -0.05) is 45.6 Å². The first-order chi connectivity index (χ1) is 8.58. The van der Waals surface area contributed by atoms with Crippen LogP contribution in [-0.2, 0) is 0 Å². The Morgan fingerprint density at radius 1 is 1.33 bits per heavy atom. The number of hydrogen-bond donors (Lipinski definition) is 1. The highest BCUT2D eigenvalue weighted by molar-refractivity contribution is 9.10. The van der Waals surface area contributed by atoms with Crippen molar-refractivity contribution in [3.63, 3.8) is 0 Å². The van der Waals surface area contributed by atoms with Crippen molar-refractivity contribution in [1.82, 2.24) is 0 Å². The zero-order valence-corrected chi connectivity index (χ0v) is 12.7. The highest BCUT2D eigenvalue weighted by Gasteiger charge is 2.15. The Kier molecular flexibility index (Phi) is 6.87. The van der Waals surface area contributed by atoms with Gasteiger partial charge in [0, 0.05) is 0 Å². The van der Waals surface area contributed by atoms with Gasteiger partial charge in [-0.15, -0.1) is 0 Å². The van der Waals surface area contributed by atoms with E-state index in [0.29, 0.717) is 10.4 Å². The normalized spacial score (nSPS) is 14.5. The summed E-state index contributed by atoms with van der Waals surface area (Å²) >= 11 is 3.15. The molecule has 0 amide bonds. The molecule has 18 heavy (non-hydrogen) atoms. The van der Waals surface area contributed by atoms with E-state index in [9.17, 15) is 9.50 Å². The lowest BCUT2D eigenvalue weighted by Crippen LogP contribution is -2.07. The first-order valence-electron chi connectivity index (χ1n) is 6.71. The number of hydrogen-bond acceptors (Lipinski definition) is 1. The lowest BCUT2D eigenvalue weighted by molar-refractivity contribution is 0.139. The molecule has 0 saturated carbocycles. The summed E-state index contributed by atoms with van der Waals surface area (Å²) in [6.45, 7) is 4.34. The predicted octanol–water partition coefficient (Wildman–Crippen LogP) is 5.23. The molecule has 0 bridgehead atoms. The SMILES string of the molecule is CCCCC(CC)CC(O)c1ccc(F)c(Br)c1. The topological polar surface area (TPSA) is 20.2 Å². The van der Waals surface area contributed by atoms with Crippen LogP contribution in [0, 0.1) is 11.7 Å². The third kappa shape index (κ3) is 4.69. The molecule has 0 fully saturated rings. The summed E-state index contributed by atoms with van der Waals surface area (Å²) in [5.74, 6) is 0.257. The van der Waals surface area contributed by atoms with Gasteiger partial charge in [-0.3, -0.25) is 0 Å². The molecule has 0 spiro atoms. The van der Waals surface area contributed by atoms with Crippen molar-refractivity contribution >= 4 is 15.9 Å². The molecular weight excluding hydrogens is 295 g/mol. The summed E-state index contributed by atoms with van der Waals surface area (Å²) in [6.07, 6.45) is 4.90. The monoisotopic (exact) mass is 316 g/mol. The lowest BCUT2D eigenvalue weighted by Gasteiger charge is -2.19. The second-order valence-corrected chi connectivity index (χ2v) is 5.70. The van der Waals surface area contributed by atoms with Crippen LogP contribution in [0.5, 0.6) is 0 Å². The summed E-state index contributed by atoms with van der Waals surface area (Å²) in [5.41, 5.74) is 0.790. The van der Waals surface area contributed by atoms with Gasteiger partial charge in [-0.25, -0.2) is 4.39 Å². The fourth-order valence-electron chi connectivity index (χ4n) is 2.15. The smallest absolute Gasteiger partial charge is 0.137 e. The standard InChI is InChI=1S/C15H22BrFO/c1-3-5-6-11(4-2)9-15(18)12-7-8-14(17)13(16)10-12/h7-8,10-11,15,18H,3-6,9H2,1-2H3. The molecule has 1 aromatic rings. The Balaban J connectivity index is 2.62. The van der Waals surface area contributed by atoms with Crippen LogP contribution in [0.25, 0.3) is 0 Å². The Morgan fingerprint density at radius 2 is 2.06 bits per heavy atom. The van der Waals surface area contributed by atoms with Crippen LogP contribution >= 0.6 is 15.9 Å². The van der Waals surface area contributed by atoms with Crippen molar-refractivity contribution in [3.8, 4) is 0 Å². The summed E-state index contributed by atoms with van der Waals surface area (Å²) in [4.78, 5) is 0. The van der Waals surface area contributed by atoms with Crippen molar-refractivity contribution in [2.75, 3.05) is 0 Å². The van der Waals surface area contributed by atoms with Gasteiger partial charge < -0.3 is 5.11 Å². The van der Waals surface area contributed by atoms with Crippen molar-refractivity contribution < 1.29 is 9.50 Å². The minimum Gasteiger partial charge on any atom is -0.388 e. The van der Waals surface area contributed by atoms with Crippen LogP contribution in [0.1, 0.15) is 57.6 Å². The number of unbranched alkanes of at least 4 members (excludes halogenated alkanes) is 1. The molecular formula is C15H22BrFO. The van der Waals surface area contributed by atoms with Crippen LogP contribution in [0.3, 0.4) is 0 Å². The second-order valence-electron chi connectivity index (χ2n) is 4.84. The van der Waals surface area contributed by atoms with Crippen molar-refractivity contribution in [2.45, 2.75) is 52.1 Å². The van der Waals surface area contributed by atoms with Gasteiger partial charge in [0.15, 0.2) is 0 Å². The first-order valence-corrected chi connectivity index (χ1v) is 7.50. The van der Waals surface area contributed by atoms with Gasteiger partial charge in [0.25, 0.3) is 0 Å². The summed E-state index contributed by atoms with van der Waals surface area (Å²) in [7, 11) is 0. The van der Waals surface area contributed by atoms with Gasteiger partial charge in [0.05, 0.1) is 10.6 Å². The third-order valence-electron chi connectivity index (χ3n) is 3.43. The number of rotatable bonds is 7. The largest absolute Gasteiger partial charge is 0.388 e. The van der Waals surface area contributed by atoms with E-state index in [-0.39, 0.29) is 5.82 Å². The van der Waals surface area contributed by atoms with Crippen LogP contribution < -0.4 is 0 Å². The van der Waals surface area contributed by atoms with E-state index in [4.69, 9.17) is 0 Å². The van der Waals surface area contributed by atoms with E-state index < -0.39 is 6.10 Å². The maximum atomic E-state index is 13.1. The third-order valence-corrected chi connectivity index (χ3v) is 4.04. The fourth-order valence-corrected chi connectivity index (χ4v) is 2.55. The van der Waals surface area contributed by atoms with E-state index in [0.717, 1.165) is 24.8 Å². The zero-order chi connectivity index (χ0) is 13.5. The van der Waals surface area contributed by atoms with Gasteiger partial charge in [0.1, 0.15) is 5.82 Å². The van der Waals surface area contributed by atoms with Gasteiger partial charge >= 0.3 is 0 Å². The maximum absolute atomic E-state index is 13.1. The lowest BCUT2D eigenvalue weighted by atomic mass is 9.91. The predicted molar refractivity (Wildman–Crippen MR) is 77.0 cm³/mol. The minimum atomic E-state index is -0.497. The van der Waals surface area contributed by atoms with Crippen LogP contribution in [-0.4, -0.2) is 5.11 Å². The Labute approximate surface area is 118 Å². The molecule has 102 valence electrons. The molecule has 1 nitrogen and oxygen atoms in total. The average Bonchev–Trinajstić information content (AvgIpc) is 2.37. The quantitative estimate of drug-likeness (QED) is 0.730. The van der Waals surface area contributed by atoms with E-state index in [1.807, 2.05) is 0 Å². The second kappa shape index (κ2) is 7.90. The van der Waals surface area contributed by atoms with E-state index >= 15 is 0 Å². The number of benzene rings is 1. The molecule has 2 unspecified atom stereocenters. The molecule has 0 aliphatic heterocycles. The van der Waals surface area contributed by atoms with Crippen molar-refractivity contribution in [2.24, 2.45) is 5.92 Å². The molecule has 0 saturated heterocycles. The first kappa shape index (κ1) is 15.6. The molecule has 0 aliphatic rings. The van der Waals surface area contributed by atoms with E-state index in [1.165, 1.54) is 18.9 Å². The molecule has 0 heterocycles. The van der Waals surface area contributed by atoms with Gasteiger partial charge in [0.2, 0.25) is 0 Å².